The first-order valence-electron chi connectivity index (χ1n) is 13.6. The van der Waals surface area contributed by atoms with E-state index < -0.39 is 0 Å². The first-order valence-corrected chi connectivity index (χ1v) is 13.6. The highest BCUT2D eigenvalue weighted by molar-refractivity contribution is 6.02. The van der Waals surface area contributed by atoms with Crippen LogP contribution in [0.4, 0.5) is 4.39 Å². The van der Waals surface area contributed by atoms with Crippen LogP contribution in [0.25, 0.3) is 44.2 Å². The minimum absolute atomic E-state index is 0.0232. The zero-order valence-electron chi connectivity index (χ0n) is 23.0. The van der Waals surface area contributed by atoms with Gasteiger partial charge >= 0.3 is 0 Å². The second-order valence-electron chi connectivity index (χ2n) is 9.88. The fourth-order valence-corrected chi connectivity index (χ4v) is 5.13. The number of hydrogen-bond acceptors (Lipinski definition) is 6. The van der Waals surface area contributed by atoms with Gasteiger partial charge in [-0.1, -0.05) is 66.7 Å². The van der Waals surface area contributed by atoms with Crippen LogP contribution in [0.3, 0.4) is 0 Å². The van der Waals surface area contributed by atoms with Crippen molar-refractivity contribution in [3.8, 4) is 23.1 Å². The predicted molar refractivity (Wildman–Crippen MR) is 165 cm³/mol. The molecule has 0 aliphatic carbocycles. The molecule has 43 heavy (non-hydrogen) atoms. The first-order chi connectivity index (χ1) is 21.1. The second kappa shape index (κ2) is 10.9. The van der Waals surface area contributed by atoms with Crippen molar-refractivity contribution in [2.75, 3.05) is 7.11 Å². The topological polar surface area (TPSA) is 78.9 Å². The van der Waals surface area contributed by atoms with Crippen molar-refractivity contribution in [2.45, 2.75) is 6.61 Å². The SMILES string of the molecule is COc1cccc2oc(-c3nc4ccccc4c(=O)n3N=Cc3c(OCc4ccccc4F)ccc4ccccc34)cc12. The molecule has 0 fully saturated rings. The summed E-state index contributed by atoms with van der Waals surface area (Å²) in [4.78, 5) is 18.6. The van der Waals surface area contributed by atoms with Gasteiger partial charge in [0.15, 0.2) is 5.76 Å². The van der Waals surface area contributed by atoms with Crippen LogP contribution in [0.5, 0.6) is 11.5 Å². The summed E-state index contributed by atoms with van der Waals surface area (Å²) in [6.07, 6.45) is 1.57. The number of nitrogens with zero attached hydrogens (tertiary/aromatic N) is 3. The Kier molecular flexibility index (Phi) is 6.63. The lowest BCUT2D eigenvalue weighted by atomic mass is 10.0. The normalized spacial score (nSPS) is 11.6. The minimum atomic E-state index is -0.363. The van der Waals surface area contributed by atoms with Crippen LogP contribution in [0, 0.1) is 5.82 Å². The van der Waals surface area contributed by atoms with Crippen molar-refractivity contribution in [1.29, 1.82) is 0 Å². The third-order valence-corrected chi connectivity index (χ3v) is 7.29. The molecule has 0 saturated carbocycles. The fourth-order valence-electron chi connectivity index (χ4n) is 5.13. The monoisotopic (exact) mass is 569 g/mol. The Morgan fingerprint density at radius 3 is 2.51 bits per heavy atom. The van der Waals surface area contributed by atoms with E-state index in [1.807, 2.05) is 60.7 Å². The third-order valence-electron chi connectivity index (χ3n) is 7.29. The second-order valence-corrected chi connectivity index (χ2v) is 9.88. The zero-order chi connectivity index (χ0) is 29.3. The fraction of sp³-hybridized carbons (Fsp3) is 0.0571. The lowest BCUT2D eigenvalue weighted by molar-refractivity contribution is 0.300. The van der Waals surface area contributed by atoms with Gasteiger partial charge in [0.25, 0.3) is 5.56 Å². The Hall–Kier alpha value is -5.76. The Morgan fingerprint density at radius 2 is 1.65 bits per heavy atom. The maximum atomic E-state index is 14.3. The van der Waals surface area contributed by atoms with Crippen LogP contribution < -0.4 is 15.0 Å². The Balaban J connectivity index is 1.39. The molecule has 2 heterocycles. The smallest absolute Gasteiger partial charge is 0.282 e. The number of methoxy groups -OCH3 is 1. The Labute approximate surface area is 245 Å². The van der Waals surface area contributed by atoms with Crippen LogP contribution in [0.1, 0.15) is 11.1 Å². The molecule has 0 radical (unpaired) electrons. The molecule has 0 spiro atoms. The first kappa shape index (κ1) is 26.2. The van der Waals surface area contributed by atoms with E-state index in [2.05, 4.69) is 5.10 Å². The standard InChI is InChI=1S/C35H24FN3O4/c1-41-30-15-8-16-32-26(30)19-33(43-32)34-38-29-14-7-5-12-25(29)35(40)39(34)37-20-27-24-11-4-2-9-22(24)17-18-31(27)42-21-23-10-3-6-13-28(23)36/h2-20H,21H2,1H3. The van der Waals surface area contributed by atoms with Crippen molar-refractivity contribution in [3.05, 3.63) is 136 Å². The molecule has 7 aromatic rings. The molecule has 0 saturated heterocycles. The highest BCUT2D eigenvalue weighted by atomic mass is 19.1. The van der Waals surface area contributed by atoms with Gasteiger partial charge in [0.05, 0.1) is 29.6 Å². The molecule has 0 aliphatic rings. The summed E-state index contributed by atoms with van der Waals surface area (Å²) < 4.78 is 33.4. The number of fused-ring (bicyclic) bond motifs is 3. The van der Waals surface area contributed by atoms with Crippen molar-refractivity contribution in [2.24, 2.45) is 5.10 Å². The molecule has 7 rings (SSSR count). The van der Waals surface area contributed by atoms with Crippen molar-refractivity contribution in [1.82, 2.24) is 9.66 Å². The summed E-state index contributed by atoms with van der Waals surface area (Å²) in [6, 6.07) is 32.4. The van der Waals surface area contributed by atoms with Crippen LogP contribution in [0.2, 0.25) is 0 Å². The molecule has 7 nitrogen and oxygen atoms in total. The molecule has 0 bridgehead atoms. The van der Waals surface area contributed by atoms with E-state index >= 15 is 0 Å². The van der Waals surface area contributed by atoms with Gasteiger partial charge in [-0.05, 0) is 53.2 Å². The number of ether oxygens (including phenoxy) is 2. The number of rotatable bonds is 7. The van der Waals surface area contributed by atoms with Gasteiger partial charge in [-0.25, -0.2) is 9.37 Å². The molecule has 0 amide bonds. The van der Waals surface area contributed by atoms with Gasteiger partial charge in [-0.2, -0.15) is 9.78 Å². The summed E-state index contributed by atoms with van der Waals surface area (Å²) in [5.74, 6) is 1.36. The van der Waals surface area contributed by atoms with E-state index in [4.69, 9.17) is 18.9 Å². The van der Waals surface area contributed by atoms with E-state index in [1.54, 1.807) is 55.8 Å². The van der Waals surface area contributed by atoms with Crippen molar-refractivity contribution < 1.29 is 18.3 Å². The summed E-state index contributed by atoms with van der Waals surface area (Å²) in [6.45, 7) is 0.0232. The molecule has 0 atom stereocenters. The number of halogens is 1. The summed E-state index contributed by atoms with van der Waals surface area (Å²) in [5.41, 5.74) is 1.80. The molecule has 8 heteroatoms. The van der Waals surface area contributed by atoms with Gasteiger partial charge in [0.2, 0.25) is 5.82 Å². The molecular formula is C35H24FN3O4. The van der Waals surface area contributed by atoms with Gasteiger partial charge in [-0.15, -0.1) is 0 Å². The van der Waals surface area contributed by atoms with E-state index in [1.165, 1.54) is 10.7 Å². The third kappa shape index (κ3) is 4.78. The maximum absolute atomic E-state index is 14.3. The lowest BCUT2D eigenvalue weighted by Crippen LogP contribution is -2.20. The molecule has 5 aromatic carbocycles. The average Bonchev–Trinajstić information content (AvgIpc) is 3.49. The van der Waals surface area contributed by atoms with E-state index in [-0.39, 0.29) is 23.8 Å². The Bertz CT molecular complexity index is 2240. The molecule has 0 aliphatic heterocycles. The van der Waals surface area contributed by atoms with Crippen LogP contribution in [-0.4, -0.2) is 23.0 Å². The molecule has 2 aromatic heterocycles. The number of furan rings is 1. The predicted octanol–water partition coefficient (Wildman–Crippen LogP) is 7.57. The molecule has 0 N–H and O–H groups in total. The van der Waals surface area contributed by atoms with E-state index in [0.717, 1.165) is 16.2 Å². The number of hydrogen-bond donors (Lipinski definition) is 0. The minimum Gasteiger partial charge on any atom is -0.496 e. The zero-order valence-corrected chi connectivity index (χ0v) is 23.0. The molecule has 0 unspecified atom stereocenters. The summed E-state index contributed by atoms with van der Waals surface area (Å²) in [7, 11) is 1.59. The number of benzene rings is 5. The van der Waals surface area contributed by atoms with Crippen molar-refractivity contribution in [3.63, 3.8) is 0 Å². The highest BCUT2D eigenvalue weighted by Gasteiger charge is 2.18. The maximum Gasteiger partial charge on any atom is 0.282 e. The van der Waals surface area contributed by atoms with Gasteiger partial charge in [0.1, 0.15) is 29.5 Å². The summed E-state index contributed by atoms with van der Waals surface area (Å²) in [5, 5.41) is 7.63. The lowest BCUT2D eigenvalue weighted by Gasteiger charge is -2.13. The van der Waals surface area contributed by atoms with E-state index in [0.29, 0.717) is 44.9 Å². The highest BCUT2D eigenvalue weighted by Crippen LogP contribution is 2.33. The van der Waals surface area contributed by atoms with Gasteiger partial charge in [0, 0.05) is 11.1 Å². The quantitative estimate of drug-likeness (QED) is 0.185. The van der Waals surface area contributed by atoms with E-state index in [9.17, 15) is 9.18 Å². The van der Waals surface area contributed by atoms with Crippen LogP contribution in [-0.2, 0) is 6.61 Å². The largest absolute Gasteiger partial charge is 0.496 e. The average molecular weight is 570 g/mol. The number of para-hydroxylation sites is 1. The van der Waals surface area contributed by atoms with Crippen LogP contribution >= 0.6 is 0 Å². The number of aromatic nitrogens is 2. The molecule has 210 valence electrons. The molecular weight excluding hydrogens is 545 g/mol. The summed E-state index contributed by atoms with van der Waals surface area (Å²) >= 11 is 0. The Morgan fingerprint density at radius 1 is 0.860 bits per heavy atom. The van der Waals surface area contributed by atoms with Crippen molar-refractivity contribution >= 4 is 38.9 Å². The van der Waals surface area contributed by atoms with Gasteiger partial charge < -0.3 is 13.9 Å². The van der Waals surface area contributed by atoms with Gasteiger partial charge in [-0.3, -0.25) is 4.79 Å². The van der Waals surface area contributed by atoms with Crippen LogP contribution in [0.15, 0.2) is 124 Å².